The second-order valence-corrected chi connectivity index (χ2v) is 10.2. The maximum Gasteiger partial charge on any atom is 0.219 e. The Morgan fingerprint density at radius 1 is 1.21 bits per heavy atom. The highest BCUT2D eigenvalue weighted by Gasteiger charge is 2.47. The second-order valence-electron chi connectivity index (χ2n) is 7.86. The van der Waals surface area contributed by atoms with Gasteiger partial charge >= 0.3 is 0 Å². The standard InChI is InChI=1S/C19H26N6O3S/c1-13-12-28-8-7-25(13)16-9-15(19(29(2,26)27)5-3-4-6-19)23-17(24-16)14-10-21-18(20)22-11-14/h9-11,13H,3-8,12H2,1-2H3,(H2,20,21,22)/t13-/m0/s1. The number of sulfone groups is 1. The second kappa shape index (κ2) is 7.49. The molecule has 0 unspecified atom stereocenters. The van der Waals surface area contributed by atoms with Crippen LogP contribution in [-0.2, 0) is 19.3 Å². The van der Waals surface area contributed by atoms with Gasteiger partial charge in [-0.05, 0) is 19.8 Å². The average molecular weight is 419 g/mol. The molecule has 2 aromatic heterocycles. The molecule has 0 spiro atoms. The van der Waals surface area contributed by atoms with E-state index in [1.54, 1.807) is 12.4 Å². The van der Waals surface area contributed by atoms with Crippen molar-refractivity contribution in [3.8, 4) is 11.4 Å². The predicted octanol–water partition coefficient (Wildman–Crippen LogP) is 1.55. The first kappa shape index (κ1) is 20.0. The van der Waals surface area contributed by atoms with Crippen molar-refractivity contribution in [2.45, 2.75) is 43.4 Å². The van der Waals surface area contributed by atoms with Gasteiger partial charge in [0.15, 0.2) is 15.7 Å². The quantitative estimate of drug-likeness (QED) is 0.787. The van der Waals surface area contributed by atoms with E-state index in [-0.39, 0.29) is 12.0 Å². The van der Waals surface area contributed by atoms with Crippen LogP contribution < -0.4 is 10.6 Å². The lowest BCUT2D eigenvalue weighted by Gasteiger charge is -2.35. The van der Waals surface area contributed by atoms with Gasteiger partial charge in [-0.1, -0.05) is 12.8 Å². The lowest BCUT2D eigenvalue weighted by Crippen LogP contribution is -2.44. The normalized spacial score (nSPS) is 22.0. The summed E-state index contributed by atoms with van der Waals surface area (Å²) in [6.07, 6.45) is 7.30. The summed E-state index contributed by atoms with van der Waals surface area (Å²) in [5, 5.41) is 0. The van der Waals surface area contributed by atoms with Crippen LogP contribution in [0.5, 0.6) is 0 Å². The molecule has 2 aliphatic rings. The number of nitrogen functional groups attached to an aromatic ring is 1. The minimum Gasteiger partial charge on any atom is -0.377 e. The van der Waals surface area contributed by atoms with Crippen molar-refractivity contribution in [2.24, 2.45) is 0 Å². The molecule has 29 heavy (non-hydrogen) atoms. The average Bonchev–Trinajstić information content (AvgIpc) is 3.20. The highest BCUT2D eigenvalue weighted by molar-refractivity contribution is 7.91. The smallest absolute Gasteiger partial charge is 0.219 e. The summed E-state index contributed by atoms with van der Waals surface area (Å²) in [5.41, 5.74) is 6.76. The zero-order chi connectivity index (χ0) is 20.6. The van der Waals surface area contributed by atoms with Gasteiger partial charge < -0.3 is 15.4 Å². The molecular weight excluding hydrogens is 392 g/mol. The summed E-state index contributed by atoms with van der Waals surface area (Å²) >= 11 is 0. The van der Waals surface area contributed by atoms with E-state index in [0.29, 0.717) is 55.5 Å². The van der Waals surface area contributed by atoms with Gasteiger partial charge in [0.1, 0.15) is 10.6 Å². The van der Waals surface area contributed by atoms with Crippen LogP contribution in [0, 0.1) is 0 Å². The first-order valence-electron chi connectivity index (χ1n) is 9.82. The molecule has 9 nitrogen and oxygen atoms in total. The first-order valence-corrected chi connectivity index (χ1v) is 11.7. The van der Waals surface area contributed by atoms with E-state index in [1.807, 2.05) is 6.07 Å². The number of morpholine rings is 1. The van der Waals surface area contributed by atoms with E-state index < -0.39 is 14.6 Å². The molecule has 2 fully saturated rings. The number of aromatic nitrogens is 4. The van der Waals surface area contributed by atoms with Crippen molar-refractivity contribution >= 4 is 21.6 Å². The minimum absolute atomic E-state index is 0.125. The van der Waals surface area contributed by atoms with Crippen molar-refractivity contribution < 1.29 is 13.2 Å². The number of rotatable bonds is 4. The van der Waals surface area contributed by atoms with Crippen molar-refractivity contribution in [1.82, 2.24) is 19.9 Å². The summed E-state index contributed by atoms with van der Waals surface area (Å²) in [6.45, 7) is 3.94. The monoisotopic (exact) mass is 418 g/mol. The number of hydrogen-bond donors (Lipinski definition) is 1. The van der Waals surface area contributed by atoms with E-state index in [1.165, 1.54) is 6.26 Å². The van der Waals surface area contributed by atoms with Gasteiger partial charge in [-0.2, -0.15) is 0 Å². The van der Waals surface area contributed by atoms with E-state index in [9.17, 15) is 8.42 Å². The third-order valence-electron chi connectivity index (χ3n) is 5.89. The summed E-state index contributed by atoms with van der Waals surface area (Å²) < 4.78 is 30.3. The predicted molar refractivity (Wildman–Crippen MR) is 110 cm³/mol. The molecule has 10 heteroatoms. The van der Waals surface area contributed by atoms with Crippen molar-refractivity contribution in [3.63, 3.8) is 0 Å². The molecule has 1 aliphatic carbocycles. The molecule has 2 aromatic rings. The van der Waals surface area contributed by atoms with Gasteiger partial charge in [0, 0.05) is 31.3 Å². The van der Waals surface area contributed by atoms with Gasteiger partial charge in [0.25, 0.3) is 0 Å². The van der Waals surface area contributed by atoms with Crippen LogP contribution in [0.2, 0.25) is 0 Å². The fourth-order valence-corrected chi connectivity index (χ4v) is 5.74. The molecule has 0 amide bonds. The highest BCUT2D eigenvalue weighted by atomic mass is 32.2. The summed E-state index contributed by atoms with van der Waals surface area (Å²) in [7, 11) is -3.37. The fraction of sp³-hybridized carbons (Fsp3) is 0.579. The lowest BCUT2D eigenvalue weighted by atomic mass is 10.0. The van der Waals surface area contributed by atoms with Crippen LogP contribution in [-0.4, -0.2) is 60.4 Å². The fourth-order valence-electron chi connectivity index (χ4n) is 4.23. The molecular formula is C19H26N6O3S. The van der Waals surface area contributed by atoms with Crippen LogP contribution in [0.4, 0.5) is 11.8 Å². The Bertz CT molecular complexity index is 990. The SMILES string of the molecule is C[C@H]1COCCN1c1cc(C2(S(C)(=O)=O)CCCC2)nc(-c2cnc(N)nc2)n1. The third kappa shape index (κ3) is 3.66. The van der Waals surface area contributed by atoms with Crippen LogP contribution in [0.25, 0.3) is 11.4 Å². The Kier molecular flexibility index (Phi) is 5.16. The molecule has 1 atom stereocenters. The molecule has 0 radical (unpaired) electrons. The van der Waals surface area contributed by atoms with Gasteiger partial charge in [0.05, 0.1) is 30.5 Å². The first-order chi connectivity index (χ1) is 13.8. The molecule has 1 saturated carbocycles. The number of hydrogen-bond acceptors (Lipinski definition) is 9. The van der Waals surface area contributed by atoms with E-state index in [2.05, 4.69) is 21.8 Å². The largest absolute Gasteiger partial charge is 0.377 e. The van der Waals surface area contributed by atoms with Crippen LogP contribution in [0.1, 0.15) is 38.3 Å². The lowest BCUT2D eigenvalue weighted by molar-refractivity contribution is 0.0985. The highest BCUT2D eigenvalue weighted by Crippen LogP contribution is 2.45. The van der Waals surface area contributed by atoms with Gasteiger partial charge in [-0.25, -0.2) is 28.4 Å². The molecule has 156 valence electrons. The van der Waals surface area contributed by atoms with Gasteiger partial charge in [0.2, 0.25) is 5.95 Å². The maximum absolute atomic E-state index is 12.9. The van der Waals surface area contributed by atoms with E-state index >= 15 is 0 Å². The molecule has 4 rings (SSSR count). The molecule has 3 heterocycles. The van der Waals surface area contributed by atoms with Crippen LogP contribution >= 0.6 is 0 Å². The van der Waals surface area contributed by atoms with Gasteiger partial charge in [-0.15, -0.1) is 0 Å². The number of nitrogens with zero attached hydrogens (tertiary/aromatic N) is 5. The Morgan fingerprint density at radius 2 is 1.90 bits per heavy atom. The summed E-state index contributed by atoms with van der Waals surface area (Å²) in [5.74, 6) is 1.27. The van der Waals surface area contributed by atoms with Crippen molar-refractivity contribution in [1.29, 1.82) is 0 Å². The number of anilines is 2. The van der Waals surface area contributed by atoms with Gasteiger partial charge in [-0.3, -0.25) is 0 Å². The summed E-state index contributed by atoms with van der Waals surface area (Å²) in [4.78, 5) is 19.7. The molecule has 0 aromatic carbocycles. The number of ether oxygens (including phenoxy) is 1. The molecule has 1 saturated heterocycles. The molecule has 2 N–H and O–H groups in total. The van der Waals surface area contributed by atoms with E-state index in [0.717, 1.165) is 12.8 Å². The molecule has 0 bridgehead atoms. The topological polar surface area (TPSA) is 124 Å². The summed E-state index contributed by atoms with van der Waals surface area (Å²) in [6, 6.07) is 1.97. The third-order valence-corrected chi connectivity index (χ3v) is 7.93. The Morgan fingerprint density at radius 3 is 2.52 bits per heavy atom. The van der Waals surface area contributed by atoms with Crippen LogP contribution in [0.3, 0.4) is 0 Å². The zero-order valence-electron chi connectivity index (χ0n) is 16.7. The van der Waals surface area contributed by atoms with Crippen molar-refractivity contribution in [2.75, 3.05) is 36.6 Å². The Balaban J connectivity index is 1.89. The van der Waals surface area contributed by atoms with Crippen LogP contribution in [0.15, 0.2) is 18.5 Å². The minimum atomic E-state index is -3.37. The van der Waals surface area contributed by atoms with Crippen molar-refractivity contribution in [3.05, 3.63) is 24.2 Å². The Hall–Kier alpha value is -2.33. The number of nitrogens with two attached hydrogens (primary N) is 1. The van der Waals surface area contributed by atoms with E-state index in [4.69, 9.17) is 20.4 Å². The maximum atomic E-state index is 12.9. The Labute approximate surface area is 170 Å². The zero-order valence-corrected chi connectivity index (χ0v) is 17.5. The molecule has 1 aliphatic heterocycles.